The highest BCUT2D eigenvalue weighted by Gasteiger charge is 2.52. The van der Waals surface area contributed by atoms with Crippen LogP contribution in [0.2, 0.25) is 0 Å². The maximum atomic E-state index is 13.2. The lowest BCUT2D eigenvalue weighted by Crippen LogP contribution is -2.49. The first-order chi connectivity index (χ1) is 14.0. The summed E-state index contributed by atoms with van der Waals surface area (Å²) in [6.07, 6.45) is 8.02. The number of allylic oxidation sites excluding steroid dienone is 3. The smallest absolute Gasteiger partial charge is 0.336 e. The molecule has 7 nitrogen and oxygen atoms in total. The number of nitrogens with zero attached hydrogens (tertiary/aromatic N) is 1. The van der Waals surface area contributed by atoms with Gasteiger partial charge >= 0.3 is 5.97 Å². The van der Waals surface area contributed by atoms with E-state index in [-0.39, 0.29) is 29.1 Å². The Labute approximate surface area is 177 Å². The van der Waals surface area contributed by atoms with E-state index < -0.39 is 41.6 Å². The Balaban J connectivity index is 1.97. The fraction of sp³-hybridized carbons (Fsp3) is 0.696. The van der Waals surface area contributed by atoms with Crippen molar-refractivity contribution >= 4 is 17.7 Å². The minimum absolute atomic E-state index is 0.00609. The Bertz CT molecular complexity index is 800. The Kier molecular flexibility index (Phi) is 6.14. The van der Waals surface area contributed by atoms with E-state index in [0.29, 0.717) is 5.92 Å². The summed E-state index contributed by atoms with van der Waals surface area (Å²) in [6, 6.07) is -1.12. The zero-order valence-corrected chi connectivity index (χ0v) is 18.2. The number of likely N-dealkylation sites (tertiary alicyclic amines) is 1. The highest BCUT2D eigenvalue weighted by atomic mass is 16.4. The van der Waals surface area contributed by atoms with Gasteiger partial charge in [-0.3, -0.25) is 9.59 Å². The number of likely N-dealkylation sites (N-methyl/N-ethyl adjacent to an activating group) is 1. The average molecular weight is 420 g/mol. The standard InChI is InChI=1S/C23H33NO6/c1-12(2)23(30,22(28)29)11-16-19(25)18(21(27)24(16)4)20(26)17-13(3)9-10-14-7-5-6-8-15(14)17/h9-10,12-17,26,30H,5-8,11H2,1-4H3,(H,28,29)/b20-18-/t13-,14+,15-,16-,17-,23-/m0/s1. The molecule has 0 radical (unpaired) electrons. The maximum Gasteiger partial charge on any atom is 0.336 e. The number of hydrogen-bond donors (Lipinski definition) is 3. The largest absolute Gasteiger partial charge is 0.511 e. The maximum absolute atomic E-state index is 13.2. The van der Waals surface area contributed by atoms with Crippen LogP contribution in [-0.2, 0) is 14.4 Å². The number of fused-ring (bicyclic) bond motifs is 1. The van der Waals surface area contributed by atoms with E-state index in [1.54, 1.807) is 13.8 Å². The summed E-state index contributed by atoms with van der Waals surface area (Å²) in [7, 11) is 1.42. The van der Waals surface area contributed by atoms with Crippen molar-refractivity contribution in [3.8, 4) is 0 Å². The van der Waals surface area contributed by atoms with Crippen LogP contribution >= 0.6 is 0 Å². The first kappa shape index (κ1) is 22.5. The van der Waals surface area contributed by atoms with Crippen LogP contribution in [0.3, 0.4) is 0 Å². The van der Waals surface area contributed by atoms with Gasteiger partial charge in [0.05, 0.1) is 6.04 Å². The topological polar surface area (TPSA) is 115 Å². The van der Waals surface area contributed by atoms with Crippen LogP contribution < -0.4 is 0 Å². The summed E-state index contributed by atoms with van der Waals surface area (Å²) in [5, 5.41) is 31.3. The zero-order chi connectivity index (χ0) is 22.4. The van der Waals surface area contributed by atoms with Crippen LogP contribution in [0.1, 0.15) is 52.9 Å². The highest BCUT2D eigenvalue weighted by molar-refractivity contribution is 6.26. The Morgan fingerprint density at radius 2 is 1.83 bits per heavy atom. The summed E-state index contributed by atoms with van der Waals surface area (Å²) < 4.78 is 0. The van der Waals surface area contributed by atoms with Crippen molar-refractivity contribution in [3.05, 3.63) is 23.5 Å². The number of carbonyl (C=O) groups excluding carboxylic acids is 2. The molecule has 0 aromatic rings. The van der Waals surface area contributed by atoms with Crippen molar-refractivity contribution in [2.24, 2.45) is 29.6 Å². The number of hydrogen-bond acceptors (Lipinski definition) is 5. The predicted octanol–water partition coefficient (Wildman–Crippen LogP) is 2.70. The lowest BCUT2D eigenvalue weighted by Gasteiger charge is -2.41. The van der Waals surface area contributed by atoms with Gasteiger partial charge in [0, 0.05) is 19.4 Å². The Hall–Kier alpha value is -2.15. The van der Waals surface area contributed by atoms with Crippen LogP contribution in [-0.4, -0.2) is 56.6 Å². The van der Waals surface area contributed by atoms with Gasteiger partial charge in [-0.1, -0.05) is 45.8 Å². The summed E-state index contributed by atoms with van der Waals surface area (Å²) in [5.41, 5.74) is -2.38. The Morgan fingerprint density at radius 3 is 2.43 bits per heavy atom. The normalized spacial score (nSPS) is 35.4. The Morgan fingerprint density at radius 1 is 1.20 bits per heavy atom. The molecule has 3 N–H and O–H groups in total. The molecule has 0 aromatic carbocycles. The third-order valence-corrected chi connectivity index (χ3v) is 7.52. The minimum Gasteiger partial charge on any atom is -0.511 e. The second-order valence-corrected chi connectivity index (χ2v) is 9.53. The second kappa shape index (κ2) is 8.17. The van der Waals surface area contributed by atoms with E-state index in [0.717, 1.165) is 30.6 Å². The molecule has 3 rings (SSSR count). The van der Waals surface area contributed by atoms with Gasteiger partial charge in [0.2, 0.25) is 0 Å². The molecule has 7 heteroatoms. The lowest BCUT2D eigenvalue weighted by atomic mass is 9.64. The van der Waals surface area contributed by atoms with Gasteiger partial charge in [0.1, 0.15) is 11.3 Å². The van der Waals surface area contributed by atoms with Gasteiger partial charge in [-0.25, -0.2) is 4.79 Å². The predicted molar refractivity (Wildman–Crippen MR) is 111 cm³/mol. The first-order valence-electron chi connectivity index (χ1n) is 10.9. The molecule has 0 unspecified atom stereocenters. The quantitative estimate of drug-likeness (QED) is 0.273. The molecule has 2 aliphatic carbocycles. The number of amides is 1. The van der Waals surface area contributed by atoms with Crippen molar-refractivity contribution in [1.82, 2.24) is 4.90 Å². The van der Waals surface area contributed by atoms with E-state index in [1.165, 1.54) is 7.05 Å². The molecular weight excluding hydrogens is 386 g/mol. The molecule has 0 bridgehead atoms. The molecule has 1 amide bonds. The van der Waals surface area contributed by atoms with Crippen LogP contribution in [0.5, 0.6) is 0 Å². The summed E-state index contributed by atoms with van der Waals surface area (Å²) >= 11 is 0. The third kappa shape index (κ3) is 3.57. The molecule has 0 spiro atoms. The number of aliphatic carboxylic acids is 1. The summed E-state index contributed by atoms with van der Waals surface area (Å²) in [6.45, 7) is 5.10. The first-order valence-corrected chi connectivity index (χ1v) is 10.9. The van der Waals surface area contributed by atoms with Gasteiger partial charge < -0.3 is 20.2 Å². The van der Waals surface area contributed by atoms with Crippen LogP contribution in [0.25, 0.3) is 0 Å². The van der Waals surface area contributed by atoms with E-state index in [1.807, 2.05) is 6.92 Å². The fourth-order valence-corrected chi connectivity index (χ4v) is 5.42. The van der Waals surface area contributed by atoms with Gasteiger partial charge in [-0.15, -0.1) is 0 Å². The zero-order valence-electron chi connectivity index (χ0n) is 18.2. The molecule has 3 aliphatic rings. The summed E-state index contributed by atoms with van der Waals surface area (Å²) in [4.78, 5) is 39.0. The average Bonchev–Trinajstić information content (AvgIpc) is 2.90. The molecule has 1 saturated carbocycles. The molecule has 2 fully saturated rings. The molecule has 30 heavy (non-hydrogen) atoms. The van der Waals surface area contributed by atoms with Gasteiger partial charge in [-0.2, -0.15) is 0 Å². The van der Waals surface area contributed by atoms with Crippen molar-refractivity contribution in [2.45, 2.75) is 64.5 Å². The molecule has 1 heterocycles. The number of rotatable bonds is 5. The number of ketones is 1. The fourth-order valence-electron chi connectivity index (χ4n) is 5.42. The molecule has 166 valence electrons. The monoisotopic (exact) mass is 419 g/mol. The number of Topliss-reactive ketones (excluding diaryl/α,β-unsaturated/α-hetero) is 1. The molecule has 1 saturated heterocycles. The van der Waals surface area contributed by atoms with Crippen molar-refractivity contribution < 1.29 is 29.7 Å². The van der Waals surface area contributed by atoms with E-state index >= 15 is 0 Å². The lowest BCUT2D eigenvalue weighted by molar-refractivity contribution is -0.166. The van der Waals surface area contributed by atoms with Crippen molar-refractivity contribution in [3.63, 3.8) is 0 Å². The molecular formula is C23H33NO6. The van der Waals surface area contributed by atoms with E-state index in [9.17, 15) is 29.7 Å². The molecule has 1 aliphatic heterocycles. The SMILES string of the molecule is CC(C)[C@@](O)(C[C@H]1C(=O)/C(=C(/O)[C@@H]2[C@H]3CCCC[C@@H]3C=C[C@@H]2C)C(=O)N1C)C(=O)O. The van der Waals surface area contributed by atoms with Crippen molar-refractivity contribution in [2.75, 3.05) is 7.05 Å². The van der Waals surface area contributed by atoms with Gasteiger partial charge in [0.25, 0.3) is 5.91 Å². The summed E-state index contributed by atoms with van der Waals surface area (Å²) in [5.74, 6) is -3.25. The van der Waals surface area contributed by atoms with E-state index in [2.05, 4.69) is 12.2 Å². The number of aliphatic hydroxyl groups is 2. The van der Waals surface area contributed by atoms with Gasteiger partial charge in [-0.05, 0) is 36.5 Å². The molecule has 0 aromatic heterocycles. The van der Waals surface area contributed by atoms with Gasteiger partial charge in [0.15, 0.2) is 11.4 Å². The number of aliphatic hydroxyl groups excluding tert-OH is 1. The van der Waals surface area contributed by atoms with Crippen LogP contribution in [0, 0.1) is 29.6 Å². The highest BCUT2D eigenvalue weighted by Crippen LogP contribution is 2.46. The second-order valence-electron chi connectivity index (χ2n) is 9.53. The van der Waals surface area contributed by atoms with Crippen LogP contribution in [0.15, 0.2) is 23.5 Å². The third-order valence-electron chi connectivity index (χ3n) is 7.52. The van der Waals surface area contributed by atoms with Crippen LogP contribution in [0.4, 0.5) is 0 Å². The van der Waals surface area contributed by atoms with E-state index in [4.69, 9.17) is 0 Å². The molecule has 6 atom stereocenters. The van der Waals surface area contributed by atoms with Crippen molar-refractivity contribution in [1.29, 1.82) is 0 Å². The number of carboxylic acids is 1. The number of carbonyl (C=O) groups is 3. The number of carboxylic acid groups (broad SMARTS) is 1. The minimum atomic E-state index is -2.14.